The van der Waals surface area contributed by atoms with Crippen molar-refractivity contribution in [3.8, 4) is 6.07 Å². The number of likely N-dealkylation sites (tertiary alicyclic amines) is 1. The summed E-state index contributed by atoms with van der Waals surface area (Å²) in [4.78, 5) is 49.5. The second kappa shape index (κ2) is 8.40. The average molecular weight is 404 g/mol. The first-order valence-corrected chi connectivity index (χ1v) is 9.29. The van der Waals surface area contributed by atoms with E-state index in [-0.39, 0.29) is 34.2 Å². The molecule has 2 aliphatic rings. The molecule has 3 amide bonds. The van der Waals surface area contributed by atoms with Crippen molar-refractivity contribution in [3.05, 3.63) is 28.8 Å². The Bertz CT molecular complexity index is 855. The van der Waals surface area contributed by atoms with Gasteiger partial charge in [-0.1, -0.05) is 24.4 Å². The summed E-state index contributed by atoms with van der Waals surface area (Å²) in [6, 6.07) is 6.25. The molecular formula is C19H18ClN3O5. The molecule has 1 saturated carbocycles. The minimum absolute atomic E-state index is 0.185. The van der Waals surface area contributed by atoms with Gasteiger partial charge in [0.1, 0.15) is 12.6 Å². The molecule has 0 aromatic heterocycles. The Kier molecular flexibility index (Phi) is 5.95. The Morgan fingerprint density at radius 1 is 1.21 bits per heavy atom. The second-order valence-electron chi connectivity index (χ2n) is 6.78. The molecule has 1 N–H and O–H groups in total. The van der Waals surface area contributed by atoms with Gasteiger partial charge in [0.25, 0.3) is 5.91 Å². The lowest BCUT2D eigenvalue weighted by Crippen LogP contribution is -2.37. The Morgan fingerprint density at radius 3 is 2.43 bits per heavy atom. The van der Waals surface area contributed by atoms with E-state index < -0.39 is 25.0 Å². The van der Waals surface area contributed by atoms with Gasteiger partial charge in [0.2, 0.25) is 11.8 Å². The van der Waals surface area contributed by atoms with Crippen LogP contribution in [0.3, 0.4) is 0 Å². The molecule has 0 radical (unpaired) electrons. The van der Waals surface area contributed by atoms with Gasteiger partial charge in [-0.2, -0.15) is 5.26 Å². The predicted molar refractivity (Wildman–Crippen MR) is 97.9 cm³/mol. The summed E-state index contributed by atoms with van der Waals surface area (Å²) in [5, 5.41) is 11.5. The molecule has 2 atom stereocenters. The van der Waals surface area contributed by atoms with Gasteiger partial charge < -0.3 is 10.1 Å². The number of fused-ring (bicyclic) bond motifs is 1. The summed E-state index contributed by atoms with van der Waals surface area (Å²) >= 11 is 5.89. The molecule has 28 heavy (non-hydrogen) atoms. The standard InChI is InChI=1S/C19H18ClN3O5/c20-15-7-12(6-5-11(15)8-21)22-16(24)10-28-17(25)9-23-18(26)13-3-1-2-4-14(13)19(23)27/h5-7,13-14H,1-4,9-10H2,(H,22,24). The molecule has 1 aromatic carbocycles. The summed E-state index contributed by atoms with van der Waals surface area (Å²) < 4.78 is 4.88. The fourth-order valence-corrected chi connectivity index (χ4v) is 3.81. The first-order chi connectivity index (χ1) is 13.4. The zero-order valence-electron chi connectivity index (χ0n) is 14.9. The highest BCUT2D eigenvalue weighted by atomic mass is 35.5. The number of nitriles is 1. The molecule has 1 aliphatic carbocycles. The van der Waals surface area contributed by atoms with Crippen molar-refractivity contribution in [2.45, 2.75) is 25.7 Å². The second-order valence-corrected chi connectivity index (χ2v) is 7.18. The molecule has 3 rings (SSSR count). The predicted octanol–water partition coefficient (Wildman–Crippen LogP) is 1.87. The van der Waals surface area contributed by atoms with E-state index in [9.17, 15) is 19.2 Å². The lowest BCUT2D eigenvalue weighted by molar-refractivity contribution is -0.154. The van der Waals surface area contributed by atoms with Crippen molar-refractivity contribution in [1.29, 1.82) is 5.26 Å². The number of halogens is 1. The van der Waals surface area contributed by atoms with Crippen molar-refractivity contribution in [2.75, 3.05) is 18.5 Å². The van der Waals surface area contributed by atoms with Crippen LogP contribution in [0, 0.1) is 23.2 Å². The molecule has 1 heterocycles. The third kappa shape index (κ3) is 4.15. The monoisotopic (exact) mass is 403 g/mol. The number of anilines is 1. The van der Waals surface area contributed by atoms with Crippen LogP contribution in [0.5, 0.6) is 0 Å². The Balaban J connectivity index is 1.49. The largest absolute Gasteiger partial charge is 0.454 e. The molecule has 146 valence electrons. The number of ether oxygens (including phenoxy) is 1. The number of hydrogen-bond acceptors (Lipinski definition) is 6. The van der Waals surface area contributed by atoms with Gasteiger partial charge in [-0.3, -0.25) is 24.1 Å². The zero-order valence-corrected chi connectivity index (χ0v) is 15.7. The summed E-state index contributed by atoms with van der Waals surface area (Å²) in [6.07, 6.45) is 3.13. The van der Waals surface area contributed by atoms with E-state index in [1.54, 1.807) is 0 Å². The molecule has 0 spiro atoms. The van der Waals surface area contributed by atoms with Gasteiger partial charge in [0.05, 0.1) is 22.4 Å². The van der Waals surface area contributed by atoms with E-state index in [1.807, 2.05) is 6.07 Å². The fourth-order valence-electron chi connectivity index (χ4n) is 3.59. The maximum atomic E-state index is 12.3. The van der Waals surface area contributed by atoms with Gasteiger partial charge >= 0.3 is 5.97 Å². The Morgan fingerprint density at radius 2 is 1.86 bits per heavy atom. The van der Waals surface area contributed by atoms with E-state index in [2.05, 4.69) is 5.32 Å². The first kappa shape index (κ1) is 19.8. The van der Waals surface area contributed by atoms with E-state index in [0.29, 0.717) is 18.5 Å². The van der Waals surface area contributed by atoms with Gasteiger partial charge in [0.15, 0.2) is 6.61 Å². The minimum atomic E-state index is -0.826. The van der Waals surface area contributed by atoms with E-state index >= 15 is 0 Å². The lowest BCUT2D eigenvalue weighted by Gasteiger charge is -2.19. The van der Waals surface area contributed by atoms with Crippen LogP contribution in [-0.4, -0.2) is 41.7 Å². The van der Waals surface area contributed by atoms with E-state index in [0.717, 1.165) is 17.7 Å². The van der Waals surface area contributed by atoms with Crippen LogP contribution in [0.1, 0.15) is 31.2 Å². The molecular weight excluding hydrogens is 386 g/mol. The fraction of sp³-hybridized carbons (Fsp3) is 0.421. The number of imide groups is 1. The van der Waals surface area contributed by atoms with Gasteiger partial charge in [-0.05, 0) is 31.0 Å². The Hall–Kier alpha value is -2.92. The minimum Gasteiger partial charge on any atom is -0.454 e. The van der Waals surface area contributed by atoms with Crippen LogP contribution in [0.25, 0.3) is 0 Å². The SMILES string of the molecule is N#Cc1ccc(NC(=O)COC(=O)CN2C(=O)C3CCCCC3C2=O)cc1Cl. The van der Waals surface area contributed by atoms with E-state index in [4.69, 9.17) is 21.6 Å². The van der Waals surface area contributed by atoms with Crippen molar-refractivity contribution in [3.63, 3.8) is 0 Å². The number of rotatable bonds is 5. The number of hydrogen-bond donors (Lipinski definition) is 1. The summed E-state index contributed by atoms with van der Waals surface area (Å²) in [6.45, 7) is -1.06. The van der Waals surface area contributed by atoms with Crippen LogP contribution in [0.2, 0.25) is 5.02 Å². The third-order valence-corrected chi connectivity index (χ3v) is 5.27. The molecule has 1 saturated heterocycles. The van der Waals surface area contributed by atoms with E-state index in [1.165, 1.54) is 18.2 Å². The van der Waals surface area contributed by atoms with Crippen LogP contribution >= 0.6 is 11.6 Å². The normalized spacial score (nSPS) is 21.1. The van der Waals surface area contributed by atoms with Gasteiger partial charge in [0, 0.05) is 5.69 Å². The molecule has 8 nitrogen and oxygen atoms in total. The highest BCUT2D eigenvalue weighted by molar-refractivity contribution is 6.32. The van der Waals surface area contributed by atoms with Crippen molar-refractivity contribution in [2.24, 2.45) is 11.8 Å². The molecule has 1 aliphatic heterocycles. The molecule has 9 heteroatoms. The zero-order chi connectivity index (χ0) is 20.3. The molecule has 2 unspecified atom stereocenters. The lowest BCUT2D eigenvalue weighted by atomic mass is 9.81. The number of carbonyl (C=O) groups is 4. The summed E-state index contributed by atoms with van der Waals surface area (Å²) in [5.41, 5.74) is 0.616. The smallest absolute Gasteiger partial charge is 0.326 e. The topological polar surface area (TPSA) is 117 Å². The first-order valence-electron chi connectivity index (χ1n) is 8.91. The maximum absolute atomic E-state index is 12.3. The van der Waals surface area contributed by atoms with Crippen LogP contribution in [-0.2, 0) is 23.9 Å². The van der Waals surface area contributed by atoms with Crippen LogP contribution in [0.4, 0.5) is 5.69 Å². The molecule has 0 bridgehead atoms. The maximum Gasteiger partial charge on any atom is 0.326 e. The van der Waals surface area contributed by atoms with Crippen LogP contribution in [0.15, 0.2) is 18.2 Å². The van der Waals surface area contributed by atoms with Gasteiger partial charge in [-0.15, -0.1) is 0 Å². The average Bonchev–Trinajstić information content (AvgIpc) is 2.92. The highest BCUT2D eigenvalue weighted by Gasteiger charge is 2.48. The Labute approximate surface area is 166 Å². The number of nitrogens with zero attached hydrogens (tertiary/aromatic N) is 2. The van der Waals surface area contributed by atoms with Gasteiger partial charge in [-0.25, -0.2) is 0 Å². The number of benzene rings is 1. The third-order valence-electron chi connectivity index (χ3n) is 4.96. The molecule has 2 fully saturated rings. The number of nitrogens with one attached hydrogen (secondary N) is 1. The number of carbonyl (C=O) groups excluding carboxylic acids is 4. The van der Waals surface area contributed by atoms with Crippen LogP contribution < -0.4 is 5.32 Å². The summed E-state index contributed by atoms with van der Waals surface area (Å²) in [7, 11) is 0. The molecule has 1 aromatic rings. The highest BCUT2D eigenvalue weighted by Crippen LogP contribution is 2.37. The summed E-state index contributed by atoms with van der Waals surface area (Å²) in [5.74, 6) is -2.76. The number of amides is 3. The van der Waals surface area contributed by atoms with Crippen molar-refractivity contribution >= 4 is 41.0 Å². The van der Waals surface area contributed by atoms with Crippen molar-refractivity contribution in [1.82, 2.24) is 4.90 Å². The quantitative estimate of drug-likeness (QED) is 0.592. The van der Waals surface area contributed by atoms with Crippen molar-refractivity contribution < 1.29 is 23.9 Å². The number of esters is 1.